The molecule has 1 fully saturated rings. The lowest BCUT2D eigenvalue weighted by Gasteiger charge is -2.42. The van der Waals surface area contributed by atoms with E-state index < -0.39 is 5.54 Å². The quantitative estimate of drug-likeness (QED) is 0.802. The SMILES string of the molecule is CCOC(=O)C1(Nc2ccccc2Br)CC(C)CC(C)C1. The third-order valence-electron chi connectivity index (χ3n) is 4.11. The topological polar surface area (TPSA) is 38.3 Å². The van der Waals surface area contributed by atoms with E-state index in [2.05, 4.69) is 35.1 Å². The summed E-state index contributed by atoms with van der Waals surface area (Å²) >= 11 is 3.55. The van der Waals surface area contributed by atoms with E-state index in [4.69, 9.17) is 4.74 Å². The average Bonchev–Trinajstić information content (AvgIpc) is 2.40. The summed E-state index contributed by atoms with van der Waals surface area (Å²) in [6.07, 6.45) is 2.80. The van der Waals surface area contributed by atoms with Gasteiger partial charge in [0.2, 0.25) is 0 Å². The normalized spacial score (nSPS) is 29.0. The van der Waals surface area contributed by atoms with Gasteiger partial charge in [0.1, 0.15) is 5.54 Å². The summed E-state index contributed by atoms with van der Waals surface area (Å²) in [5.74, 6) is 0.889. The van der Waals surface area contributed by atoms with Crippen LogP contribution in [0.2, 0.25) is 0 Å². The van der Waals surface area contributed by atoms with Gasteiger partial charge in [0.05, 0.1) is 6.61 Å². The molecule has 0 radical (unpaired) electrons. The number of ether oxygens (including phenoxy) is 1. The van der Waals surface area contributed by atoms with E-state index in [0.717, 1.165) is 23.0 Å². The molecule has 1 N–H and O–H groups in total. The first-order chi connectivity index (χ1) is 9.97. The second kappa shape index (κ2) is 6.82. The zero-order valence-electron chi connectivity index (χ0n) is 13.0. The van der Waals surface area contributed by atoms with E-state index in [9.17, 15) is 4.79 Å². The Kier molecular flexibility index (Phi) is 5.31. The van der Waals surface area contributed by atoms with E-state index in [-0.39, 0.29) is 5.97 Å². The lowest BCUT2D eigenvalue weighted by Crippen LogP contribution is -2.52. The molecule has 0 heterocycles. The minimum atomic E-state index is -0.614. The standard InChI is InChI=1S/C17H24BrNO2/c1-4-21-16(20)17(10-12(2)9-13(3)11-17)19-15-8-6-5-7-14(15)18/h5-8,12-13,19H,4,9-11H2,1-3H3. The highest BCUT2D eigenvalue weighted by Gasteiger charge is 2.45. The number of rotatable bonds is 4. The molecule has 4 heteroatoms. The minimum Gasteiger partial charge on any atom is -0.464 e. The van der Waals surface area contributed by atoms with E-state index in [0.29, 0.717) is 18.4 Å². The van der Waals surface area contributed by atoms with Crippen molar-refractivity contribution in [2.75, 3.05) is 11.9 Å². The molecule has 3 nitrogen and oxygen atoms in total. The lowest BCUT2D eigenvalue weighted by molar-refractivity contribution is -0.151. The van der Waals surface area contributed by atoms with Gasteiger partial charge in [-0.15, -0.1) is 0 Å². The summed E-state index contributed by atoms with van der Waals surface area (Å²) in [5, 5.41) is 3.49. The Morgan fingerprint density at radius 2 is 1.95 bits per heavy atom. The molecule has 2 rings (SSSR count). The molecule has 2 atom stereocenters. The van der Waals surface area contributed by atoms with Crippen molar-refractivity contribution in [1.29, 1.82) is 0 Å². The van der Waals surface area contributed by atoms with Crippen LogP contribution >= 0.6 is 15.9 Å². The molecule has 0 bridgehead atoms. The second-order valence-electron chi connectivity index (χ2n) is 6.26. The molecule has 1 aliphatic rings. The van der Waals surface area contributed by atoms with E-state index in [1.54, 1.807) is 0 Å². The van der Waals surface area contributed by atoms with Crippen molar-refractivity contribution in [3.05, 3.63) is 28.7 Å². The van der Waals surface area contributed by atoms with Gasteiger partial charge in [-0.3, -0.25) is 0 Å². The van der Waals surface area contributed by atoms with Gasteiger partial charge in [-0.05, 0) is 66.1 Å². The molecule has 0 amide bonds. The van der Waals surface area contributed by atoms with Crippen molar-refractivity contribution < 1.29 is 9.53 Å². The fourth-order valence-corrected chi connectivity index (χ4v) is 3.92. The molecule has 0 aromatic heterocycles. The molecule has 1 aromatic rings. The van der Waals surface area contributed by atoms with Crippen molar-refractivity contribution in [3.63, 3.8) is 0 Å². The molecule has 0 spiro atoms. The number of hydrogen-bond donors (Lipinski definition) is 1. The number of benzene rings is 1. The Labute approximate surface area is 135 Å². The van der Waals surface area contributed by atoms with Gasteiger partial charge in [0.25, 0.3) is 0 Å². The van der Waals surface area contributed by atoms with E-state index in [1.165, 1.54) is 6.42 Å². The molecule has 2 unspecified atom stereocenters. The van der Waals surface area contributed by atoms with Gasteiger partial charge in [0.15, 0.2) is 0 Å². The molecule has 0 saturated heterocycles. The molecular formula is C17H24BrNO2. The van der Waals surface area contributed by atoms with Crippen LogP contribution in [0.1, 0.15) is 40.0 Å². The second-order valence-corrected chi connectivity index (χ2v) is 7.12. The smallest absolute Gasteiger partial charge is 0.331 e. The summed E-state index contributed by atoms with van der Waals surface area (Å²) < 4.78 is 6.35. The highest BCUT2D eigenvalue weighted by atomic mass is 79.9. The van der Waals surface area contributed by atoms with Crippen LogP contribution in [0, 0.1) is 11.8 Å². The molecular weight excluding hydrogens is 330 g/mol. The number of nitrogens with one attached hydrogen (secondary N) is 1. The van der Waals surface area contributed by atoms with Crippen molar-refractivity contribution >= 4 is 27.6 Å². The van der Waals surface area contributed by atoms with Crippen molar-refractivity contribution in [3.8, 4) is 0 Å². The lowest BCUT2D eigenvalue weighted by atomic mass is 9.71. The molecule has 21 heavy (non-hydrogen) atoms. The summed E-state index contributed by atoms with van der Waals surface area (Å²) in [6, 6.07) is 7.92. The fourth-order valence-electron chi connectivity index (χ4n) is 3.54. The monoisotopic (exact) mass is 353 g/mol. The first kappa shape index (κ1) is 16.3. The van der Waals surface area contributed by atoms with Gasteiger partial charge in [0, 0.05) is 10.2 Å². The van der Waals surface area contributed by atoms with Gasteiger partial charge < -0.3 is 10.1 Å². The van der Waals surface area contributed by atoms with Crippen LogP contribution < -0.4 is 5.32 Å². The maximum absolute atomic E-state index is 12.6. The molecule has 116 valence electrons. The first-order valence-electron chi connectivity index (χ1n) is 7.67. The Morgan fingerprint density at radius 3 is 2.52 bits per heavy atom. The molecule has 1 aromatic carbocycles. The van der Waals surface area contributed by atoms with Gasteiger partial charge >= 0.3 is 5.97 Å². The highest BCUT2D eigenvalue weighted by Crippen LogP contribution is 2.40. The van der Waals surface area contributed by atoms with Crippen LogP contribution in [0.4, 0.5) is 5.69 Å². The summed E-state index contributed by atoms with van der Waals surface area (Å²) in [6.45, 7) is 6.71. The predicted molar refractivity (Wildman–Crippen MR) is 89.3 cm³/mol. The minimum absolute atomic E-state index is 0.126. The number of carbonyl (C=O) groups excluding carboxylic acids is 1. The van der Waals surface area contributed by atoms with Crippen LogP contribution in [0.5, 0.6) is 0 Å². The van der Waals surface area contributed by atoms with Crippen LogP contribution in [-0.4, -0.2) is 18.1 Å². The van der Waals surface area contributed by atoms with Gasteiger partial charge in [-0.25, -0.2) is 4.79 Å². The largest absolute Gasteiger partial charge is 0.464 e. The number of halogens is 1. The Balaban J connectivity index is 2.32. The van der Waals surface area contributed by atoms with Crippen LogP contribution in [0.25, 0.3) is 0 Å². The summed E-state index contributed by atoms with van der Waals surface area (Å²) in [5.41, 5.74) is 0.337. The maximum atomic E-state index is 12.6. The third-order valence-corrected chi connectivity index (χ3v) is 4.80. The Bertz CT molecular complexity index is 493. The van der Waals surface area contributed by atoms with Crippen LogP contribution in [0.3, 0.4) is 0 Å². The van der Waals surface area contributed by atoms with Crippen molar-refractivity contribution in [1.82, 2.24) is 0 Å². The molecule has 1 saturated carbocycles. The Morgan fingerprint density at radius 1 is 1.33 bits per heavy atom. The van der Waals surface area contributed by atoms with Crippen LogP contribution in [0.15, 0.2) is 28.7 Å². The van der Waals surface area contributed by atoms with Crippen molar-refractivity contribution in [2.24, 2.45) is 11.8 Å². The van der Waals surface area contributed by atoms with Crippen molar-refractivity contribution in [2.45, 2.75) is 45.6 Å². The fraction of sp³-hybridized carbons (Fsp3) is 0.588. The van der Waals surface area contributed by atoms with E-state index in [1.807, 2.05) is 31.2 Å². The summed E-state index contributed by atoms with van der Waals surface area (Å²) in [7, 11) is 0. The number of esters is 1. The maximum Gasteiger partial charge on any atom is 0.331 e. The number of anilines is 1. The Hall–Kier alpha value is -1.03. The highest BCUT2D eigenvalue weighted by molar-refractivity contribution is 9.10. The zero-order valence-corrected chi connectivity index (χ0v) is 14.6. The molecule has 0 aliphatic heterocycles. The number of carbonyl (C=O) groups is 1. The average molecular weight is 354 g/mol. The van der Waals surface area contributed by atoms with E-state index >= 15 is 0 Å². The van der Waals surface area contributed by atoms with Gasteiger partial charge in [-0.1, -0.05) is 26.0 Å². The number of hydrogen-bond acceptors (Lipinski definition) is 3. The van der Waals surface area contributed by atoms with Crippen LogP contribution in [-0.2, 0) is 9.53 Å². The summed E-state index contributed by atoms with van der Waals surface area (Å²) in [4.78, 5) is 12.6. The first-order valence-corrected chi connectivity index (χ1v) is 8.46. The molecule has 1 aliphatic carbocycles. The number of para-hydroxylation sites is 1. The van der Waals surface area contributed by atoms with Gasteiger partial charge in [-0.2, -0.15) is 0 Å². The zero-order chi connectivity index (χ0) is 15.5. The third kappa shape index (κ3) is 3.79. The predicted octanol–water partition coefficient (Wildman–Crippen LogP) is 4.62.